The average molecular weight is 669 g/mol. The normalized spacial score (nSPS) is 13.3. The van der Waals surface area contributed by atoms with Gasteiger partial charge in [-0.3, -0.25) is 0 Å². The summed E-state index contributed by atoms with van der Waals surface area (Å²) >= 11 is 6.91. The minimum absolute atomic E-state index is 0.169. The molecule has 0 atom stereocenters. The van der Waals surface area contributed by atoms with Gasteiger partial charge in [0.15, 0.2) is 0 Å². The highest BCUT2D eigenvalue weighted by Crippen LogP contribution is 2.54. The Hall–Kier alpha value is -3.82. The lowest BCUT2D eigenvalue weighted by molar-refractivity contribution is 0.0884. The molecule has 0 aromatic carbocycles. The molecule has 0 bridgehead atoms. The third-order valence-electron chi connectivity index (χ3n) is 6.53. The van der Waals surface area contributed by atoms with Crippen molar-refractivity contribution >= 4 is 86.6 Å². The Labute approximate surface area is 263 Å². The van der Waals surface area contributed by atoms with Crippen molar-refractivity contribution in [2.24, 2.45) is 0 Å². The predicted molar refractivity (Wildman–Crippen MR) is 171 cm³/mol. The van der Waals surface area contributed by atoms with Gasteiger partial charge < -0.3 is 0 Å². The van der Waals surface area contributed by atoms with E-state index in [9.17, 15) is 28.1 Å². The molecule has 4 nitrogen and oxygen atoms in total. The lowest BCUT2D eigenvalue weighted by atomic mass is 10.1. The van der Waals surface area contributed by atoms with Crippen molar-refractivity contribution < 1.29 is 17.6 Å². The molecule has 0 radical (unpaired) electrons. The maximum Gasteiger partial charge on any atom is 0.272 e. The Morgan fingerprint density at radius 3 is 1.33 bits per heavy atom. The molecule has 0 N–H and O–H groups in total. The molecule has 5 rings (SSSR count). The minimum Gasteiger partial charge on any atom is -0.226 e. The van der Waals surface area contributed by atoms with Crippen LogP contribution in [0.5, 0.6) is 0 Å². The van der Waals surface area contributed by atoms with Gasteiger partial charge in [-0.1, -0.05) is 0 Å². The number of hydrogen-bond acceptors (Lipinski definition) is 7. The summed E-state index contributed by atoms with van der Waals surface area (Å²) in [6.07, 6.45) is 0. The van der Waals surface area contributed by atoms with Crippen LogP contribution in [0.4, 0.5) is 17.6 Å². The van der Waals surface area contributed by atoms with Crippen molar-refractivity contribution in [1.82, 2.24) is 0 Å². The van der Waals surface area contributed by atoms with E-state index in [1.807, 2.05) is 13.8 Å². The van der Waals surface area contributed by atoms with Crippen LogP contribution in [0.15, 0.2) is 35.7 Å². The molecule has 0 unspecified atom stereocenters. The van der Waals surface area contributed by atoms with Gasteiger partial charge in [-0.2, -0.15) is 0 Å². The summed E-state index contributed by atoms with van der Waals surface area (Å²) in [5, 5.41) is 18.5. The van der Waals surface area contributed by atoms with Crippen molar-refractivity contribution in [3.8, 4) is 31.6 Å². The molecule has 214 valence electrons. The first-order chi connectivity index (χ1) is 20.2. The van der Waals surface area contributed by atoms with Crippen molar-refractivity contribution in [1.29, 1.82) is 10.5 Å². The molecule has 0 aliphatic rings. The van der Waals surface area contributed by atoms with Crippen LogP contribution in [0, 0.1) is 49.7 Å². The molecule has 5 aromatic rings. The number of fused-ring (bicyclic) bond motifs is 3. The summed E-state index contributed by atoms with van der Waals surface area (Å²) in [5.74, 6) is -6.73. The molecular weight excluding hydrogens is 653 g/mol. The maximum atomic E-state index is 14.4. The monoisotopic (exact) mass is 668 g/mol. The lowest BCUT2D eigenvalue weighted by Crippen LogP contribution is -2.13. The highest BCUT2D eigenvalue weighted by Gasteiger charge is 2.35. The van der Waals surface area contributed by atoms with Gasteiger partial charge in [-0.15, -0.1) is 56.7 Å². The van der Waals surface area contributed by atoms with Gasteiger partial charge in [-0.25, -0.2) is 37.8 Å². The number of hydrogen-bond donors (Lipinski definition) is 0. The van der Waals surface area contributed by atoms with E-state index >= 15 is 0 Å². The zero-order chi connectivity index (χ0) is 31.4. The second-order valence-corrected chi connectivity index (χ2v) is 14.8. The van der Waals surface area contributed by atoms with Crippen LogP contribution in [-0.4, -0.2) is 11.8 Å². The van der Waals surface area contributed by atoms with E-state index in [0.29, 0.717) is 13.8 Å². The van der Waals surface area contributed by atoms with Crippen LogP contribution < -0.4 is 0 Å². The Kier molecular flexibility index (Phi) is 7.86. The molecule has 5 aromatic heterocycles. The Morgan fingerprint density at radius 2 is 1.02 bits per heavy atom. The Morgan fingerprint density at radius 1 is 0.651 bits per heavy atom. The fourth-order valence-corrected chi connectivity index (χ4v) is 11.7. The van der Waals surface area contributed by atoms with E-state index in [0.717, 1.165) is 72.1 Å². The van der Waals surface area contributed by atoms with Crippen LogP contribution in [0.2, 0.25) is 0 Å². The molecule has 0 aliphatic heterocycles. The van der Waals surface area contributed by atoms with Crippen LogP contribution in [0.25, 0.3) is 59.1 Å². The minimum atomic E-state index is -3.36. The number of thiophene rings is 5. The predicted octanol–water partition coefficient (Wildman–Crippen LogP) is 11.9. The Bertz CT molecular complexity index is 1990. The number of nitrogens with zero attached hydrogens (tertiary/aromatic N) is 4. The fourth-order valence-electron chi connectivity index (χ4n) is 4.66. The van der Waals surface area contributed by atoms with Crippen molar-refractivity contribution in [3.05, 3.63) is 79.4 Å². The lowest BCUT2D eigenvalue weighted by Gasteiger charge is -2.14. The molecule has 0 saturated carbocycles. The zero-order valence-corrected chi connectivity index (χ0v) is 26.7. The fraction of sp³-hybridized carbons (Fsp3) is 0.200. The summed E-state index contributed by atoms with van der Waals surface area (Å²) in [7, 11) is 0. The second-order valence-electron chi connectivity index (χ2n) is 9.53. The third kappa shape index (κ3) is 5.18. The first-order valence-corrected chi connectivity index (χ1v) is 16.3. The van der Waals surface area contributed by atoms with Gasteiger partial charge in [0, 0.05) is 43.1 Å². The smallest absolute Gasteiger partial charge is 0.226 e. The van der Waals surface area contributed by atoms with Gasteiger partial charge in [-0.05, 0) is 49.2 Å². The van der Waals surface area contributed by atoms with E-state index in [1.165, 1.54) is 34.8 Å². The van der Waals surface area contributed by atoms with E-state index in [4.69, 9.17) is 13.1 Å². The number of allylic oxidation sites excluding steroid dienone is 4. The van der Waals surface area contributed by atoms with E-state index in [1.54, 1.807) is 35.6 Å². The Balaban J connectivity index is 1.60. The van der Waals surface area contributed by atoms with E-state index in [2.05, 4.69) is 9.69 Å². The molecule has 0 aliphatic carbocycles. The highest BCUT2D eigenvalue weighted by molar-refractivity contribution is 7.41. The number of aryl methyl sites for hydroxylation is 2. The summed E-state index contributed by atoms with van der Waals surface area (Å²) in [6.45, 7) is 19.7. The average Bonchev–Trinajstić information content (AvgIpc) is 3.75. The molecule has 0 saturated heterocycles. The largest absolute Gasteiger partial charge is 0.272 e. The molecule has 43 heavy (non-hydrogen) atoms. The van der Waals surface area contributed by atoms with Gasteiger partial charge in [0.1, 0.15) is 0 Å². The van der Waals surface area contributed by atoms with Gasteiger partial charge in [0.25, 0.3) is 23.2 Å². The molecule has 0 fully saturated rings. The van der Waals surface area contributed by atoms with Crippen LogP contribution in [-0.2, 0) is 0 Å². The standard InChI is InChI=1S/C30H16F4N4S5/c1-13-23(19-9-7-17(39-19)21(29(3,31)32)15(11-35)37-5)41-27-25(13)43-26-14(2)24(42-28(26)27)20-10-8-18(40-20)22(30(4,33)34)16(12-36)38-6/h7-10H,1-4H3/b21-15-,22-16+. The van der Waals surface area contributed by atoms with E-state index in [-0.39, 0.29) is 9.75 Å². The molecule has 0 amide bonds. The summed E-state index contributed by atoms with van der Waals surface area (Å²) in [4.78, 5) is 9.71. The highest BCUT2D eigenvalue weighted by atomic mass is 32.1. The van der Waals surface area contributed by atoms with Crippen molar-refractivity contribution in [3.63, 3.8) is 0 Å². The van der Waals surface area contributed by atoms with Crippen LogP contribution in [0.3, 0.4) is 0 Å². The van der Waals surface area contributed by atoms with E-state index < -0.39 is 34.4 Å². The van der Waals surface area contributed by atoms with Gasteiger partial charge in [0.05, 0.1) is 55.2 Å². The van der Waals surface area contributed by atoms with Crippen LogP contribution >= 0.6 is 56.7 Å². The molecular formula is C30H16F4N4S5. The van der Waals surface area contributed by atoms with Crippen molar-refractivity contribution in [2.75, 3.05) is 0 Å². The molecule has 5 heterocycles. The quantitative estimate of drug-likeness (QED) is 0.103. The van der Waals surface area contributed by atoms with Gasteiger partial charge >= 0.3 is 0 Å². The second kappa shape index (κ2) is 11.0. The summed E-state index contributed by atoms with van der Waals surface area (Å²) < 4.78 is 61.9. The molecule has 13 heteroatoms. The van der Waals surface area contributed by atoms with Gasteiger partial charge in [0.2, 0.25) is 0 Å². The maximum absolute atomic E-state index is 14.4. The third-order valence-corrected chi connectivity index (χ3v) is 13.5. The SMILES string of the molecule is [C-]#[N+]/C(C#N)=C(\c1ccc(-c2sc3c(sc4c(C)c(-c5ccc(/C(=C(\C#N)[N+]#[C-])C(C)(F)F)s5)sc43)c2C)s1)C(C)(F)F. The van der Waals surface area contributed by atoms with Crippen molar-refractivity contribution in [2.45, 2.75) is 39.5 Å². The first-order valence-electron chi connectivity index (χ1n) is 12.2. The zero-order valence-electron chi connectivity index (χ0n) is 22.7. The number of rotatable bonds is 6. The topological polar surface area (TPSA) is 56.3 Å². The number of alkyl halides is 4. The number of halogens is 4. The first kappa shape index (κ1) is 30.6. The molecule has 0 spiro atoms. The summed E-state index contributed by atoms with van der Waals surface area (Å²) in [5.41, 5.74) is -0.412. The number of nitriles is 2. The van der Waals surface area contributed by atoms with Crippen LogP contribution in [0.1, 0.15) is 34.7 Å². The summed E-state index contributed by atoms with van der Waals surface area (Å²) in [6, 6.07) is 9.70.